The van der Waals surface area contributed by atoms with Gasteiger partial charge < -0.3 is 15.2 Å². The Labute approximate surface area is 138 Å². The summed E-state index contributed by atoms with van der Waals surface area (Å²) in [6.45, 7) is 5.58. The van der Waals surface area contributed by atoms with E-state index in [9.17, 15) is 9.90 Å². The van der Waals surface area contributed by atoms with Crippen LogP contribution in [0, 0.1) is 0 Å². The summed E-state index contributed by atoms with van der Waals surface area (Å²) in [6, 6.07) is 0. The Morgan fingerprint density at radius 2 is 2.22 bits per heavy atom. The van der Waals surface area contributed by atoms with Gasteiger partial charge in [-0.3, -0.25) is 9.48 Å². The number of hydrogen-bond acceptors (Lipinski definition) is 4. The minimum Gasteiger partial charge on any atom is -0.389 e. The number of carbonyl (C=O) groups excluding carboxylic acids is 1. The van der Waals surface area contributed by atoms with Crippen molar-refractivity contribution in [1.29, 1.82) is 0 Å². The maximum absolute atomic E-state index is 12.2. The zero-order valence-corrected chi connectivity index (χ0v) is 14.3. The lowest BCUT2D eigenvalue weighted by molar-refractivity contribution is -0.121. The Morgan fingerprint density at radius 1 is 1.48 bits per heavy atom. The summed E-state index contributed by atoms with van der Waals surface area (Å²) < 4.78 is 7.39. The standard InChI is InChI=1S/C17H29N3O3/c1-3-7-17(22,8-4-2)10-16(21)19-14-11-18-20(12-14)13-15-6-5-9-23-15/h11-12,15,22H,3-10,13H2,1-2H3,(H,19,21). The van der Waals surface area contributed by atoms with Gasteiger partial charge in [0.05, 0.1) is 36.6 Å². The normalized spacial score (nSPS) is 18.3. The molecule has 2 heterocycles. The summed E-state index contributed by atoms with van der Waals surface area (Å²) in [7, 11) is 0. The van der Waals surface area contributed by atoms with Gasteiger partial charge in [-0.25, -0.2) is 0 Å². The fraction of sp³-hybridized carbons (Fsp3) is 0.765. The van der Waals surface area contributed by atoms with E-state index in [0.717, 1.165) is 32.3 Å². The molecule has 1 atom stereocenters. The highest BCUT2D eigenvalue weighted by Gasteiger charge is 2.28. The Balaban J connectivity index is 1.85. The fourth-order valence-electron chi connectivity index (χ4n) is 3.26. The van der Waals surface area contributed by atoms with E-state index in [1.54, 1.807) is 10.9 Å². The van der Waals surface area contributed by atoms with Crippen LogP contribution in [-0.2, 0) is 16.1 Å². The van der Waals surface area contributed by atoms with Gasteiger partial charge in [0.2, 0.25) is 5.91 Å². The predicted octanol–water partition coefficient (Wildman–Crippen LogP) is 2.72. The SMILES string of the molecule is CCCC(O)(CCC)CC(=O)Nc1cnn(CC2CCCO2)c1. The third-order valence-corrected chi connectivity index (χ3v) is 4.25. The van der Waals surface area contributed by atoms with Crippen molar-refractivity contribution in [2.24, 2.45) is 0 Å². The summed E-state index contributed by atoms with van der Waals surface area (Å²) in [6.07, 6.45) is 8.99. The van der Waals surface area contributed by atoms with Gasteiger partial charge in [-0.15, -0.1) is 0 Å². The first-order valence-corrected chi connectivity index (χ1v) is 8.71. The minimum atomic E-state index is -0.902. The number of aromatic nitrogens is 2. The average Bonchev–Trinajstić information content (AvgIpc) is 3.11. The summed E-state index contributed by atoms with van der Waals surface area (Å²) in [4.78, 5) is 12.2. The number of aliphatic hydroxyl groups is 1. The first-order valence-electron chi connectivity index (χ1n) is 8.71. The molecular weight excluding hydrogens is 294 g/mol. The molecule has 1 saturated heterocycles. The molecule has 0 bridgehead atoms. The second kappa shape index (κ2) is 8.45. The van der Waals surface area contributed by atoms with Gasteiger partial charge in [-0.1, -0.05) is 26.7 Å². The van der Waals surface area contributed by atoms with Crippen LogP contribution in [0.5, 0.6) is 0 Å². The molecule has 6 heteroatoms. The van der Waals surface area contributed by atoms with Crippen LogP contribution in [0.4, 0.5) is 5.69 Å². The van der Waals surface area contributed by atoms with Gasteiger partial charge in [0.15, 0.2) is 0 Å². The average molecular weight is 323 g/mol. The van der Waals surface area contributed by atoms with Gasteiger partial charge in [-0.2, -0.15) is 5.10 Å². The largest absolute Gasteiger partial charge is 0.389 e. The van der Waals surface area contributed by atoms with E-state index >= 15 is 0 Å². The quantitative estimate of drug-likeness (QED) is 0.732. The highest BCUT2D eigenvalue weighted by molar-refractivity contribution is 5.91. The number of hydrogen-bond donors (Lipinski definition) is 2. The summed E-state index contributed by atoms with van der Waals surface area (Å²) in [5.41, 5.74) is -0.232. The van der Waals surface area contributed by atoms with Crippen LogP contribution in [0.3, 0.4) is 0 Å². The lowest BCUT2D eigenvalue weighted by Crippen LogP contribution is -2.33. The van der Waals surface area contributed by atoms with Crippen LogP contribution in [-0.4, -0.2) is 39.1 Å². The lowest BCUT2D eigenvalue weighted by atomic mass is 9.89. The lowest BCUT2D eigenvalue weighted by Gasteiger charge is -2.26. The van der Waals surface area contributed by atoms with Crippen molar-refractivity contribution in [2.75, 3.05) is 11.9 Å². The Kier molecular flexibility index (Phi) is 6.59. The number of anilines is 1. The molecule has 1 aliphatic heterocycles. The molecule has 0 aliphatic carbocycles. The van der Waals surface area contributed by atoms with Crippen molar-refractivity contribution >= 4 is 11.6 Å². The molecule has 1 unspecified atom stereocenters. The predicted molar refractivity (Wildman–Crippen MR) is 89.2 cm³/mol. The van der Waals surface area contributed by atoms with Crippen molar-refractivity contribution < 1.29 is 14.6 Å². The topological polar surface area (TPSA) is 76.4 Å². The molecule has 23 heavy (non-hydrogen) atoms. The van der Waals surface area contributed by atoms with Crippen LogP contribution < -0.4 is 5.32 Å². The number of carbonyl (C=O) groups is 1. The molecule has 2 rings (SSSR count). The second-order valence-corrected chi connectivity index (χ2v) is 6.54. The molecule has 0 aromatic carbocycles. The molecule has 2 N–H and O–H groups in total. The second-order valence-electron chi connectivity index (χ2n) is 6.54. The number of nitrogens with zero attached hydrogens (tertiary/aromatic N) is 2. The van der Waals surface area contributed by atoms with Crippen LogP contribution in [0.15, 0.2) is 12.4 Å². The molecule has 1 aromatic rings. The van der Waals surface area contributed by atoms with Crippen LogP contribution >= 0.6 is 0 Å². The van der Waals surface area contributed by atoms with Crippen molar-refractivity contribution in [3.63, 3.8) is 0 Å². The first kappa shape index (κ1) is 17.9. The molecule has 0 saturated carbocycles. The van der Waals surface area contributed by atoms with E-state index in [0.29, 0.717) is 25.1 Å². The zero-order chi connectivity index (χ0) is 16.7. The summed E-state index contributed by atoms with van der Waals surface area (Å²) in [5.74, 6) is -0.161. The molecule has 130 valence electrons. The van der Waals surface area contributed by atoms with Crippen molar-refractivity contribution in [3.05, 3.63) is 12.4 Å². The minimum absolute atomic E-state index is 0.131. The maximum atomic E-state index is 12.2. The zero-order valence-electron chi connectivity index (χ0n) is 14.3. The van der Waals surface area contributed by atoms with E-state index in [1.807, 2.05) is 20.0 Å². The molecule has 1 fully saturated rings. The summed E-state index contributed by atoms with van der Waals surface area (Å²) in [5, 5.41) is 17.7. The Bertz CT molecular complexity index is 489. The van der Waals surface area contributed by atoms with E-state index in [4.69, 9.17) is 4.74 Å². The van der Waals surface area contributed by atoms with E-state index in [1.165, 1.54) is 0 Å². The van der Waals surface area contributed by atoms with Crippen LogP contribution in [0.2, 0.25) is 0 Å². The molecule has 1 aromatic heterocycles. The highest BCUT2D eigenvalue weighted by Crippen LogP contribution is 2.24. The third-order valence-electron chi connectivity index (χ3n) is 4.25. The van der Waals surface area contributed by atoms with E-state index in [-0.39, 0.29) is 18.4 Å². The van der Waals surface area contributed by atoms with E-state index < -0.39 is 5.60 Å². The monoisotopic (exact) mass is 323 g/mol. The first-order chi connectivity index (χ1) is 11.0. The van der Waals surface area contributed by atoms with Gasteiger partial charge >= 0.3 is 0 Å². The Morgan fingerprint density at radius 3 is 2.83 bits per heavy atom. The number of rotatable bonds is 9. The molecule has 0 spiro atoms. The third kappa shape index (κ3) is 5.62. The smallest absolute Gasteiger partial charge is 0.227 e. The maximum Gasteiger partial charge on any atom is 0.227 e. The van der Waals surface area contributed by atoms with Crippen LogP contribution in [0.25, 0.3) is 0 Å². The van der Waals surface area contributed by atoms with Gasteiger partial charge in [-0.05, 0) is 25.7 Å². The Hall–Kier alpha value is -1.40. The molecule has 1 aliphatic rings. The molecule has 6 nitrogen and oxygen atoms in total. The fourth-order valence-corrected chi connectivity index (χ4v) is 3.26. The van der Waals surface area contributed by atoms with Gasteiger partial charge in [0.1, 0.15) is 0 Å². The van der Waals surface area contributed by atoms with Crippen LogP contribution in [0.1, 0.15) is 58.8 Å². The molecule has 0 radical (unpaired) electrons. The molecular formula is C17H29N3O3. The molecule has 1 amide bonds. The van der Waals surface area contributed by atoms with Gasteiger partial charge in [0, 0.05) is 12.8 Å². The van der Waals surface area contributed by atoms with Crippen molar-refractivity contribution in [1.82, 2.24) is 9.78 Å². The van der Waals surface area contributed by atoms with E-state index in [2.05, 4.69) is 10.4 Å². The van der Waals surface area contributed by atoms with Gasteiger partial charge in [0.25, 0.3) is 0 Å². The highest BCUT2D eigenvalue weighted by atomic mass is 16.5. The van der Waals surface area contributed by atoms with Crippen molar-refractivity contribution in [2.45, 2.75) is 77.0 Å². The summed E-state index contributed by atoms with van der Waals surface area (Å²) >= 11 is 0. The number of ether oxygens (including phenoxy) is 1. The van der Waals surface area contributed by atoms with Crippen molar-refractivity contribution in [3.8, 4) is 0 Å². The number of nitrogens with one attached hydrogen (secondary N) is 1. The number of amides is 1.